The number of benzene rings is 1. The van der Waals surface area contributed by atoms with Crippen LogP contribution in [-0.4, -0.2) is 38.2 Å². The van der Waals surface area contributed by atoms with Gasteiger partial charge < -0.3 is 9.64 Å². The molecule has 6 rings (SSSR count). The average Bonchev–Trinajstić information content (AvgIpc) is 3.60. The molecule has 1 spiro atoms. The minimum atomic E-state index is -0.514. The number of rotatable bonds is 3. The van der Waals surface area contributed by atoms with Crippen molar-refractivity contribution in [2.75, 3.05) is 18.0 Å². The molecule has 1 aliphatic carbocycles. The second-order valence-corrected chi connectivity index (χ2v) is 10.2. The Hall–Kier alpha value is -3.36. The predicted molar refractivity (Wildman–Crippen MR) is 137 cm³/mol. The van der Waals surface area contributed by atoms with E-state index >= 15 is 4.39 Å². The van der Waals surface area contributed by atoms with Gasteiger partial charge in [0.25, 0.3) is 5.56 Å². The maximum atomic E-state index is 15.1. The highest BCUT2D eigenvalue weighted by Crippen LogP contribution is 2.48. The van der Waals surface area contributed by atoms with E-state index in [1.165, 1.54) is 10.6 Å². The van der Waals surface area contributed by atoms with Crippen LogP contribution in [0.2, 0.25) is 5.02 Å². The molecular weight excluding hydrogens is 481 g/mol. The van der Waals surface area contributed by atoms with Crippen molar-refractivity contribution < 1.29 is 9.13 Å². The molecule has 1 aromatic carbocycles. The number of hydrogen-bond donors (Lipinski definition) is 0. The second kappa shape index (κ2) is 8.35. The Morgan fingerprint density at radius 3 is 2.67 bits per heavy atom. The number of ether oxygens (including phenoxy) is 1. The Morgan fingerprint density at radius 2 is 1.94 bits per heavy atom. The molecule has 0 unspecified atom stereocenters. The summed E-state index contributed by atoms with van der Waals surface area (Å²) in [5, 5.41) is 0.682. The second-order valence-electron chi connectivity index (χ2n) is 9.77. The molecular formula is C27H25ClFN5O2. The molecule has 184 valence electrons. The van der Waals surface area contributed by atoms with Crippen LogP contribution < -0.4 is 10.5 Å². The van der Waals surface area contributed by atoms with Crippen LogP contribution in [0.25, 0.3) is 22.2 Å². The summed E-state index contributed by atoms with van der Waals surface area (Å²) in [7, 11) is 1.68. The molecule has 0 bridgehead atoms. The number of halogens is 2. The Balaban J connectivity index is 1.53. The van der Waals surface area contributed by atoms with Gasteiger partial charge in [-0.25, -0.2) is 14.4 Å². The molecule has 1 atom stereocenters. The highest BCUT2D eigenvalue weighted by atomic mass is 35.5. The number of anilines is 1. The van der Waals surface area contributed by atoms with E-state index in [9.17, 15) is 4.79 Å². The van der Waals surface area contributed by atoms with E-state index in [2.05, 4.69) is 14.9 Å². The number of aromatic nitrogens is 4. The molecule has 4 aromatic rings. The SMILES string of the molecule is Cc1cc([C@H]2CN(c3cc4c(=O)n(C)c(C)nc4c(-c4ccc(Cl)cc4F)n3)CC3(CC3)O2)ccn1. The summed E-state index contributed by atoms with van der Waals surface area (Å²) in [5.74, 6) is 0.605. The largest absolute Gasteiger partial charge is 0.363 e. The fourth-order valence-electron chi connectivity index (χ4n) is 4.92. The summed E-state index contributed by atoms with van der Waals surface area (Å²) in [6.07, 6.45) is 3.53. The first-order valence-corrected chi connectivity index (χ1v) is 12.3. The lowest BCUT2D eigenvalue weighted by atomic mass is 10.0. The first kappa shape index (κ1) is 23.1. The lowest BCUT2D eigenvalue weighted by molar-refractivity contribution is -0.0456. The van der Waals surface area contributed by atoms with E-state index in [1.807, 2.05) is 19.1 Å². The van der Waals surface area contributed by atoms with Crippen LogP contribution >= 0.6 is 11.6 Å². The van der Waals surface area contributed by atoms with Gasteiger partial charge in [-0.1, -0.05) is 11.6 Å². The quantitative estimate of drug-likeness (QED) is 0.394. The zero-order valence-corrected chi connectivity index (χ0v) is 21.0. The molecule has 0 amide bonds. The molecule has 0 radical (unpaired) electrons. The fourth-order valence-corrected chi connectivity index (χ4v) is 5.08. The molecule has 2 aliphatic rings. The molecule has 0 N–H and O–H groups in total. The number of nitrogens with zero attached hydrogens (tertiary/aromatic N) is 5. The van der Waals surface area contributed by atoms with Crippen LogP contribution in [0.1, 0.15) is 36.0 Å². The van der Waals surface area contributed by atoms with Gasteiger partial charge in [0.05, 0.1) is 11.0 Å². The van der Waals surface area contributed by atoms with Gasteiger partial charge in [-0.3, -0.25) is 14.3 Å². The van der Waals surface area contributed by atoms with Crippen molar-refractivity contribution >= 4 is 28.3 Å². The zero-order valence-electron chi connectivity index (χ0n) is 20.3. The predicted octanol–water partition coefficient (Wildman–Crippen LogP) is 4.91. The summed E-state index contributed by atoms with van der Waals surface area (Å²) in [6.45, 7) is 4.90. The first-order valence-electron chi connectivity index (χ1n) is 11.9. The summed E-state index contributed by atoms with van der Waals surface area (Å²) in [5.41, 5.74) is 2.47. The number of aryl methyl sites for hydroxylation is 2. The van der Waals surface area contributed by atoms with Crippen molar-refractivity contribution in [2.24, 2.45) is 7.05 Å². The number of hydrogen-bond acceptors (Lipinski definition) is 6. The van der Waals surface area contributed by atoms with E-state index in [1.54, 1.807) is 38.4 Å². The van der Waals surface area contributed by atoms with Crippen molar-refractivity contribution in [1.29, 1.82) is 0 Å². The highest BCUT2D eigenvalue weighted by Gasteiger charge is 2.51. The molecule has 1 saturated heterocycles. The molecule has 36 heavy (non-hydrogen) atoms. The van der Waals surface area contributed by atoms with Crippen molar-refractivity contribution in [3.8, 4) is 11.3 Å². The summed E-state index contributed by atoms with van der Waals surface area (Å²) >= 11 is 6.01. The van der Waals surface area contributed by atoms with Crippen LogP contribution in [0.3, 0.4) is 0 Å². The molecule has 4 heterocycles. The monoisotopic (exact) mass is 505 g/mol. The van der Waals surface area contributed by atoms with Gasteiger partial charge in [0.1, 0.15) is 34.8 Å². The van der Waals surface area contributed by atoms with Crippen molar-refractivity contribution in [2.45, 2.75) is 38.4 Å². The first-order chi connectivity index (χ1) is 17.2. The molecule has 1 saturated carbocycles. The van der Waals surface area contributed by atoms with Crippen molar-refractivity contribution in [1.82, 2.24) is 19.5 Å². The average molecular weight is 506 g/mol. The minimum Gasteiger partial charge on any atom is -0.363 e. The van der Waals surface area contributed by atoms with E-state index in [0.29, 0.717) is 41.3 Å². The van der Waals surface area contributed by atoms with Crippen molar-refractivity contribution in [3.05, 3.63) is 80.9 Å². The van der Waals surface area contributed by atoms with Crippen LogP contribution in [-0.2, 0) is 11.8 Å². The van der Waals surface area contributed by atoms with Gasteiger partial charge in [-0.2, -0.15) is 0 Å². The lowest BCUT2D eigenvalue weighted by Crippen LogP contribution is -2.46. The minimum absolute atomic E-state index is 0.171. The molecule has 2 fully saturated rings. The summed E-state index contributed by atoms with van der Waals surface area (Å²) < 4.78 is 23.1. The third-order valence-electron chi connectivity index (χ3n) is 7.14. The molecule has 1 aliphatic heterocycles. The third kappa shape index (κ3) is 3.94. The van der Waals surface area contributed by atoms with E-state index in [-0.39, 0.29) is 27.9 Å². The lowest BCUT2D eigenvalue weighted by Gasteiger charge is -2.39. The number of fused-ring (bicyclic) bond motifs is 1. The molecule has 9 heteroatoms. The number of morpholine rings is 1. The third-order valence-corrected chi connectivity index (χ3v) is 7.38. The van der Waals surface area contributed by atoms with Gasteiger partial charge in [-0.15, -0.1) is 0 Å². The fraction of sp³-hybridized carbons (Fsp3) is 0.333. The van der Waals surface area contributed by atoms with Gasteiger partial charge in [0, 0.05) is 42.6 Å². The van der Waals surface area contributed by atoms with Crippen LogP contribution in [0.4, 0.5) is 10.2 Å². The highest BCUT2D eigenvalue weighted by molar-refractivity contribution is 6.30. The molecule has 3 aromatic heterocycles. The standard InChI is InChI=1S/C27H25ClFN5O2/c1-15-10-17(6-9-30-15)22-13-34(14-27(36-22)7-8-27)23-12-20-25(31-16(2)33(3)26(20)35)24(32-23)19-5-4-18(28)11-21(19)29/h4-6,9-12,22H,7-8,13-14H2,1-3H3/t22-/m1/s1. The van der Waals surface area contributed by atoms with Crippen molar-refractivity contribution in [3.63, 3.8) is 0 Å². The maximum Gasteiger partial charge on any atom is 0.261 e. The number of pyridine rings is 2. The van der Waals surface area contributed by atoms with Crippen LogP contribution in [0.15, 0.2) is 47.4 Å². The Kier molecular flexibility index (Phi) is 5.35. The Morgan fingerprint density at radius 1 is 1.14 bits per heavy atom. The Labute approximate surface area is 212 Å². The van der Waals surface area contributed by atoms with Gasteiger partial charge >= 0.3 is 0 Å². The van der Waals surface area contributed by atoms with Gasteiger partial charge in [0.15, 0.2) is 0 Å². The van der Waals surface area contributed by atoms with E-state index in [0.717, 1.165) is 24.1 Å². The smallest absolute Gasteiger partial charge is 0.261 e. The summed E-state index contributed by atoms with van der Waals surface area (Å²) in [6, 6.07) is 10.2. The Bertz CT molecular complexity index is 1580. The van der Waals surface area contributed by atoms with Gasteiger partial charge in [-0.05, 0) is 68.7 Å². The van der Waals surface area contributed by atoms with Crippen LogP contribution in [0.5, 0.6) is 0 Å². The molecule has 7 nitrogen and oxygen atoms in total. The zero-order chi connectivity index (χ0) is 25.2. The topological polar surface area (TPSA) is 73.1 Å². The maximum absolute atomic E-state index is 15.1. The van der Waals surface area contributed by atoms with Gasteiger partial charge in [0.2, 0.25) is 0 Å². The normalized spacial score (nSPS) is 18.7. The summed E-state index contributed by atoms with van der Waals surface area (Å²) in [4.78, 5) is 29.3. The van der Waals surface area contributed by atoms with E-state index < -0.39 is 5.82 Å². The van der Waals surface area contributed by atoms with Crippen LogP contribution in [0, 0.1) is 19.7 Å². The van der Waals surface area contributed by atoms with E-state index in [4.69, 9.17) is 21.3 Å².